The van der Waals surface area contributed by atoms with Gasteiger partial charge in [-0.1, -0.05) is 70.5 Å². The molecule has 0 saturated heterocycles. The number of alkyl halides is 1. The van der Waals surface area contributed by atoms with Crippen LogP contribution in [-0.2, 0) is 5.33 Å². The van der Waals surface area contributed by atoms with Gasteiger partial charge in [0.05, 0.1) is 0 Å². The molecule has 0 amide bonds. The van der Waals surface area contributed by atoms with Crippen molar-refractivity contribution < 1.29 is 4.42 Å². The highest BCUT2D eigenvalue weighted by atomic mass is 79.9. The first-order valence-electron chi connectivity index (χ1n) is 7.45. The highest BCUT2D eigenvalue weighted by molar-refractivity contribution is 9.08. The van der Waals surface area contributed by atoms with Crippen molar-refractivity contribution in [2.75, 3.05) is 0 Å². The maximum atomic E-state index is 5.96. The largest absolute Gasteiger partial charge is 0.436 e. The number of nitrogens with zero attached hydrogens (tertiary/aromatic N) is 1. The van der Waals surface area contributed by atoms with Gasteiger partial charge in [-0.15, -0.1) is 0 Å². The Morgan fingerprint density at radius 3 is 2.43 bits per heavy atom. The molecule has 0 radical (unpaired) electrons. The summed E-state index contributed by atoms with van der Waals surface area (Å²) in [7, 11) is 0. The fourth-order valence-electron chi connectivity index (χ4n) is 2.70. The number of hydrogen-bond acceptors (Lipinski definition) is 2. The number of fused-ring (bicyclic) bond motifs is 1. The Labute approximate surface area is 142 Å². The predicted octanol–water partition coefficient (Wildman–Crippen LogP) is 6.06. The molecule has 112 valence electrons. The van der Waals surface area contributed by atoms with Crippen LogP contribution in [0.5, 0.6) is 0 Å². The zero-order valence-electron chi connectivity index (χ0n) is 12.4. The lowest BCUT2D eigenvalue weighted by molar-refractivity contribution is 0.619. The lowest BCUT2D eigenvalue weighted by Gasteiger charge is -2.01. The molecule has 0 aliphatic carbocycles. The average Bonchev–Trinajstić information content (AvgIpc) is 3.05. The molecule has 0 bridgehead atoms. The predicted molar refractivity (Wildman–Crippen MR) is 97.5 cm³/mol. The van der Waals surface area contributed by atoms with E-state index in [0.29, 0.717) is 5.89 Å². The Hall–Kier alpha value is -2.39. The second-order valence-corrected chi connectivity index (χ2v) is 5.92. The molecular weight excluding hydrogens is 350 g/mol. The van der Waals surface area contributed by atoms with E-state index in [9.17, 15) is 0 Å². The van der Waals surface area contributed by atoms with E-state index in [0.717, 1.165) is 27.6 Å². The van der Waals surface area contributed by atoms with Crippen molar-refractivity contribution >= 4 is 27.0 Å². The quantitative estimate of drug-likeness (QED) is 0.413. The van der Waals surface area contributed by atoms with Crippen molar-refractivity contribution in [3.05, 3.63) is 78.4 Å². The number of oxazole rings is 1. The van der Waals surface area contributed by atoms with Crippen molar-refractivity contribution in [2.45, 2.75) is 5.33 Å². The topological polar surface area (TPSA) is 26.0 Å². The number of hydrogen-bond donors (Lipinski definition) is 0. The van der Waals surface area contributed by atoms with E-state index in [1.807, 2.05) is 42.5 Å². The molecule has 23 heavy (non-hydrogen) atoms. The molecule has 3 heteroatoms. The fraction of sp³-hybridized carbons (Fsp3) is 0.0500. The third kappa shape index (κ3) is 2.68. The van der Waals surface area contributed by atoms with Gasteiger partial charge in [0.2, 0.25) is 5.89 Å². The Kier molecular flexibility index (Phi) is 3.72. The van der Waals surface area contributed by atoms with Crippen LogP contribution in [0, 0.1) is 0 Å². The van der Waals surface area contributed by atoms with Crippen LogP contribution in [-0.4, -0.2) is 4.98 Å². The number of aromatic nitrogens is 1. The molecule has 0 saturated carbocycles. The van der Waals surface area contributed by atoms with E-state index in [-0.39, 0.29) is 0 Å². The molecule has 0 N–H and O–H groups in total. The van der Waals surface area contributed by atoms with Crippen LogP contribution in [0.25, 0.3) is 33.7 Å². The summed E-state index contributed by atoms with van der Waals surface area (Å²) < 4.78 is 5.96. The van der Waals surface area contributed by atoms with Gasteiger partial charge in [-0.25, -0.2) is 4.98 Å². The van der Waals surface area contributed by atoms with Crippen LogP contribution in [0.4, 0.5) is 0 Å². The average molecular weight is 364 g/mol. The van der Waals surface area contributed by atoms with Gasteiger partial charge in [-0.2, -0.15) is 0 Å². The van der Waals surface area contributed by atoms with Gasteiger partial charge in [-0.3, -0.25) is 0 Å². The summed E-state index contributed by atoms with van der Waals surface area (Å²) in [5.74, 6) is 0.667. The van der Waals surface area contributed by atoms with E-state index >= 15 is 0 Å². The van der Waals surface area contributed by atoms with E-state index < -0.39 is 0 Å². The lowest BCUT2D eigenvalue weighted by Crippen LogP contribution is -1.85. The van der Waals surface area contributed by atoms with Gasteiger partial charge in [-0.05, 0) is 34.9 Å². The minimum atomic E-state index is 0.667. The molecule has 3 aromatic carbocycles. The fourth-order valence-corrected chi connectivity index (χ4v) is 3.19. The summed E-state index contributed by atoms with van der Waals surface area (Å²) in [6.07, 6.45) is 0. The third-order valence-corrected chi connectivity index (χ3v) is 4.49. The Bertz CT molecular complexity index is 960. The summed E-state index contributed by atoms with van der Waals surface area (Å²) in [6, 6.07) is 24.6. The summed E-state index contributed by atoms with van der Waals surface area (Å²) in [5, 5.41) is 0.775. The highest BCUT2D eigenvalue weighted by Crippen LogP contribution is 2.30. The molecule has 1 heterocycles. The molecule has 0 aliphatic rings. The van der Waals surface area contributed by atoms with Gasteiger partial charge < -0.3 is 4.42 Å². The van der Waals surface area contributed by atoms with Crippen LogP contribution in [0.15, 0.2) is 77.2 Å². The summed E-state index contributed by atoms with van der Waals surface area (Å²) >= 11 is 3.52. The van der Waals surface area contributed by atoms with Crippen molar-refractivity contribution in [1.29, 1.82) is 0 Å². The zero-order valence-corrected chi connectivity index (χ0v) is 14.0. The molecule has 1 aromatic heterocycles. The molecule has 4 rings (SSSR count). The number of halogens is 1. The van der Waals surface area contributed by atoms with Crippen LogP contribution in [0.1, 0.15) is 5.56 Å². The zero-order chi connectivity index (χ0) is 15.6. The van der Waals surface area contributed by atoms with Crippen LogP contribution in [0.2, 0.25) is 0 Å². The smallest absolute Gasteiger partial charge is 0.227 e. The van der Waals surface area contributed by atoms with Gasteiger partial charge in [0, 0.05) is 10.9 Å². The van der Waals surface area contributed by atoms with Crippen LogP contribution >= 0.6 is 15.9 Å². The first-order chi connectivity index (χ1) is 11.3. The maximum absolute atomic E-state index is 5.96. The first-order valence-corrected chi connectivity index (χ1v) is 8.57. The second-order valence-electron chi connectivity index (χ2n) is 5.36. The van der Waals surface area contributed by atoms with Gasteiger partial charge >= 0.3 is 0 Å². The van der Waals surface area contributed by atoms with Gasteiger partial charge in [0.25, 0.3) is 0 Å². The molecule has 0 fully saturated rings. The standard InChI is InChI=1S/C20H14BrNO/c21-13-16-8-4-5-9-17(16)20-22-18-12-15(10-11-19(18)23-20)14-6-2-1-3-7-14/h1-12H,13H2. The number of rotatable bonds is 3. The molecule has 0 aliphatic heterocycles. The van der Waals surface area contributed by atoms with Crippen molar-refractivity contribution in [3.63, 3.8) is 0 Å². The van der Waals surface area contributed by atoms with Crippen molar-refractivity contribution in [3.8, 4) is 22.6 Å². The highest BCUT2D eigenvalue weighted by Gasteiger charge is 2.12. The Morgan fingerprint density at radius 2 is 1.61 bits per heavy atom. The SMILES string of the molecule is BrCc1ccccc1-c1nc2cc(-c3ccccc3)ccc2o1. The molecule has 0 spiro atoms. The monoisotopic (exact) mass is 363 g/mol. The van der Waals surface area contributed by atoms with Crippen molar-refractivity contribution in [2.24, 2.45) is 0 Å². The van der Waals surface area contributed by atoms with Crippen LogP contribution < -0.4 is 0 Å². The van der Waals surface area contributed by atoms with Crippen molar-refractivity contribution in [1.82, 2.24) is 4.98 Å². The first kappa shape index (κ1) is 14.2. The number of benzene rings is 3. The normalized spacial score (nSPS) is 11.0. The second kappa shape index (κ2) is 6.01. The summed E-state index contributed by atoms with van der Waals surface area (Å²) in [5.41, 5.74) is 6.21. The van der Waals surface area contributed by atoms with E-state index in [4.69, 9.17) is 9.40 Å². The Morgan fingerprint density at radius 1 is 0.826 bits per heavy atom. The van der Waals surface area contributed by atoms with Gasteiger partial charge in [0.1, 0.15) is 5.52 Å². The summed E-state index contributed by atoms with van der Waals surface area (Å²) in [6.45, 7) is 0. The van der Waals surface area contributed by atoms with E-state index in [1.54, 1.807) is 0 Å². The van der Waals surface area contributed by atoms with Crippen LogP contribution in [0.3, 0.4) is 0 Å². The van der Waals surface area contributed by atoms with E-state index in [1.165, 1.54) is 11.1 Å². The van der Waals surface area contributed by atoms with Gasteiger partial charge in [0.15, 0.2) is 5.58 Å². The molecular formula is C20H14BrNO. The summed E-state index contributed by atoms with van der Waals surface area (Å²) in [4.78, 5) is 4.69. The minimum absolute atomic E-state index is 0.667. The minimum Gasteiger partial charge on any atom is -0.436 e. The maximum Gasteiger partial charge on any atom is 0.227 e. The molecule has 2 nitrogen and oxygen atoms in total. The van der Waals surface area contributed by atoms with E-state index in [2.05, 4.69) is 46.3 Å². The molecule has 0 atom stereocenters. The lowest BCUT2D eigenvalue weighted by atomic mass is 10.1. The molecule has 0 unspecified atom stereocenters. The third-order valence-electron chi connectivity index (χ3n) is 3.89. The Balaban J connectivity index is 1.83. The molecule has 4 aromatic rings.